The Labute approximate surface area is 172 Å². The second kappa shape index (κ2) is 11.1. The smallest absolute Gasteiger partial charge is 0.258 e. The number of ether oxygens (including phenoxy) is 2. The first-order valence-electron chi connectivity index (χ1n) is 9.93. The Hall–Kier alpha value is -3.02. The van der Waals surface area contributed by atoms with E-state index >= 15 is 0 Å². The van der Waals surface area contributed by atoms with Crippen LogP contribution in [0.15, 0.2) is 42.5 Å². The first kappa shape index (κ1) is 22.3. The molecule has 0 radical (unpaired) electrons. The van der Waals surface area contributed by atoms with Crippen LogP contribution in [0.4, 0.5) is 5.69 Å². The van der Waals surface area contributed by atoms with E-state index in [9.17, 15) is 9.59 Å². The van der Waals surface area contributed by atoms with Crippen LogP contribution in [-0.4, -0.2) is 31.6 Å². The molecule has 29 heavy (non-hydrogen) atoms. The molecule has 2 amide bonds. The molecule has 0 aromatic heterocycles. The van der Waals surface area contributed by atoms with Gasteiger partial charge < -0.3 is 20.1 Å². The van der Waals surface area contributed by atoms with Crippen molar-refractivity contribution in [2.24, 2.45) is 0 Å². The molecule has 0 heterocycles. The van der Waals surface area contributed by atoms with E-state index in [1.54, 1.807) is 18.2 Å². The van der Waals surface area contributed by atoms with Crippen molar-refractivity contribution < 1.29 is 19.1 Å². The molecule has 2 aromatic rings. The average molecular weight is 399 g/mol. The topological polar surface area (TPSA) is 76.7 Å². The third kappa shape index (κ3) is 7.14. The lowest BCUT2D eigenvalue weighted by atomic mass is 10.1. The summed E-state index contributed by atoms with van der Waals surface area (Å²) >= 11 is 0. The van der Waals surface area contributed by atoms with Crippen molar-refractivity contribution in [1.29, 1.82) is 0 Å². The van der Waals surface area contributed by atoms with Crippen LogP contribution in [0, 0.1) is 0 Å². The van der Waals surface area contributed by atoms with Gasteiger partial charge in [-0.1, -0.05) is 25.5 Å². The van der Waals surface area contributed by atoms with Gasteiger partial charge in [0.25, 0.3) is 11.8 Å². The van der Waals surface area contributed by atoms with Gasteiger partial charge in [0.2, 0.25) is 0 Å². The normalized spacial score (nSPS) is 10.5. The Morgan fingerprint density at radius 3 is 2.38 bits per heavy atom. The van der Waals surface area contributed by atoms with Crippen molar-refractivity contribution in [1.82, 2.24) is 5.32 Å². The number of carbonyl (C=O) groups is 2. The van der Waals surface area contributed by atoms with Crippen molar-refractivity contribution >= 4 is 17.5 Å². The van der Waals surface area contributed by atoms with E-state index in [0.717, 1.165) is 24.9 Å². The third-order valence-electron chi connectivity index (χ3n) is 4.27. The summed E-state index contributed by atoms with van der Waals surface area (Å²) < 4.78 is 10.8. The van der Waals surface area contributed by atoms with Gasteiger partial charge in [-0.2, -0.15) is 0 Å². The molecule has 0 unspecified atom stereocenters. The quantitative estimate of drug-likeness (QED) is 0.629. The van der Waals surface area contributed by atoms with E-state index in [0.29, 0.717) is 17.1 Å². The van der Waals surface area contributed by atoms with E-state index in [-0.39, 0.29) is 24.5 Å². The molecule has 0 spiro atoms. The lowest BCUT2D eigenvalue weighted by Gasteiger charge is -2.13. The Morgan fingerprint density at radius 1 is 1.03 bits per heavy atom. The standard InChI is InChI=1S/C23H30N2O4/c1-5-6-7-17-8-11-19(12-9-17)25-23(27)18-10-13-20(21(14-18)28-4)29-15-22(26)24-16(2)3/h8-14,16H,5-7,15H2,1-4H3,(H,24,26)(H,25,27). The molecule has 0 saturated heterocycles. The Bertz CT molecular complexity index is 816. The molecule has 2 aromatic carbocycles. The maximum Gasteiger partial charge on any atom is 0.258 e. The van der Waals surface area contributed by atoms with E-state index in [1.165, 1.54) is 12.7 Å². The number of benzene rings is 2. The summed E-state index contributed by atoms with van der Waals surface area (Å²) in [6, 6.07) is 12.8. The fraction of sp³-hybridized carbons (Fsp3) is 0.391. The van der Waals surface area contributed by atoms with Gasteiger partial charge in [0.05, 0.1) is 7.11 Å². The Morgan fingerprint density at radius 2 is 1.76 bits per heavy atom. The molecule has 0 aliphatic rings. The molecule has 156 valence electrons. The van der Waals surface area contributed by atoms with Crippen molar-refractivity contribution in [2.45, 2.75) is 46.1 Å². The highest BCUT2D eigenvalue weighted by atomic mass is 16.5. The van der Waals surface area contributed by atoms with E-state index in [1.807, 2.05) is 38.1 Å². The second-order valence-corrected chi connectivity index (χ2v) is 7.13. The highest BCUT2D eigenvalue weighted by molar-refractivity contribution is 6.04. The summed E-state index contributed by atoms with van der Waals surface area (Å²) in [5, 5.41) is 5.64. The zero-order valence-corrected chi connectivity index (χ0v) is 17.6. The number of methoxy groups -OCH3 is 1. The first-order chi connectivity index (χ1) is 13.9. The molecule has 0 aliphatic heterocycles. The fourth-order valence-corrected chi connectivity index (χ4v) is 2.77. The molecular weight excluding hydrogens is 368 g/mol. The van der Waals surface area contributed by atoms with Gasteiger partial charge in [0.1, 0.15) is 0 Å². The van der Waals surface area contributed by atoms with Gasteiger partial charge >= 0.3 is 0 Å². The van der Waals surface area contributed by atoms with E-state index in [4.69, 9.17) is 9.47 Å². The predicted molar refractivity (Wildman–Crippen MR) is 115 cm³/mol. The predicted octanol–water partition coefficient (Wildman–Crippen LogP) is 4.19. The van der Waals surface area contributed by atoms with Crippen molar-refractivity contribution in [3.05, 3.63) is 53.6 Å². The number of unbranched alkanes of at least 4 members (excludes halogenated alkanes) is 1. The molecule has 0 aliphatic carbocycles. The summed E-state index contributed by atoms with van der Waals surface area (Å²) in [5.41, 5.74) is 2.44. The molecule has 0 fully saturated rings. The molecule has 0 saturated carbocycles. The number of hydrogen-bond donors (Lipinski definition) is 2. The van der Waals surface area contributed by atoms with Gasteiger partial charge in [-0.15, -0.1) is 0 Å². The highest BCUT2D eigenvalue weighted by Gasteiger charge is 2.13. The van der Waals surface area contributed by atoms with Gasteiger partial charge in [0.15, 0.2) is 18.1 Å². The van der Waals surface area contributed by atoms with Gasteiger partial charge in [0, 0.05) is 17.3 Å². The SMILES string of the molecule is CCCCc1ccc(NC(=O)c2ccc(OCC(=O)NC(C)C)c(OC)c2)cc1. The number of aryl methyl sites for hydroxylation is 1. The Balaban J connectivity index is 2.00. The van der Waals surface area contributed by atoms with Crippen LogP contribution in [0.3, 0.4) is 0 Å². The maximum absolute atomic E-state index is 12.6. The summed E-state index contributed by atoms with van der Waals surface area (Å²) in [4.78, 5) is 24.3. The minimum Gasteiger partial charge on any atom is -0.493 e. The Kier molecular flexibility index (Phi) is 8.52. The zero-order chi connectivity index (χ0) is 21.2. The number of nitrogens with one attached hydrogen (secondary N) is 2. The minimum absolute atomic E-state index is 0.0415. The second-order valence-electron chi connectivity index (χ2n) is 7.13. The van der Waals surface area contributed by atoms with E-state index in [2.05, 4.69) is 17.6 Å². The first-order valence-corrected chi connectivity index (χ1v) is 9.93. The van der Waals surface area contributed by atoms with E-state index < -0.39 is 0 Å². The lowest BCUT2D eigenvalue weighted by Crippen LogP contribution is -2.34. The molecule has 2 N–H and O–H groups in total. The van der Waals surface area contributed by atoms with Crippen LogP contribution in [0.5, 0.6) is 11.5 Å². The van der Waals surface area contributed by atoms with Gasteiger partial charge in [-0.25, -0.2) is 0 Å². The molecule has 0 bridgehead atoms. The maximum atomic E-state index is 12.6. The summed E-state index contributed by atoms with van der Waals surface area (Å²) in [5.74, 6) is 0.341. The molecular formula is C23H30N2O4. The highest BCUT2D eigenvalue weighted by Crippen LogP contribution is 2.28. The zero-order valence-electron chi connectivity index (χ0n) is 17.6. The molecule has 6 nitrogen and oxygen atoms in total. The lowest BCUT2D eigenvalue weighted by molar-refractivity contribution is -0.123. The van der Waals surface area contributed by atoms with Crippen LogP contribution in [0.25, 0.3) is 0 Å². The summed E-state index contributed by atoms with van der Waals surface area (Å²) in [6.07, 6.45) is 3.35. The number of hydrogen-bond acceptors (Lipinski definition) is 4. The molecule has 0 atom stereocenters. The average Bonchev–Trinajstić information content (AvgIpc) is 2.71. The van der Waals surface area contributed by atoms with Crippen molar-refractivity contribution in [2.75, 3.05) is 19.0 Å². The largest absolute Gasteiger partial charge is 0.493 e. The summed E-state index contributed by atoms with van der Waals surface area (Å²) in [6.45, 7) is 5.80. The minimum atomic E-state index is -0.242. The third-order valence-corrected chi connectivity index (χ3v) is 4.27. The van der Waals surface area contributed by atoms with Crippen LogP contribution >= 0.6 is 0 Å². The van der Waals surface area contributed by atoms with Crippen molar-refractivity contribution in [3.8, 4) is 11.5 Å². The fourth-order valence-electron chi connectivity index (χ4n) is 2.77. The summed E-state index contributed by atoms with van der Waals surface area (Å²) in [7, 11) is 1.49. The monoisotopic (exact) mass is 398 g/mol. The van der Waals surface area contributed by atoms with Crippen molar-refractivity contribution in [3.63, 3.8) is 0 Å². The van der Waals surface area contributed by atoms with Crippen LogP contribution in [-0.2, 0) is 11.2 Å². The number of rotatable bonds is 10. The van der Waals surface area contributed by atoms with Gasteiger partial charge in [-0.05, 0) is 62.6 Å². The molecule has 2 rings (SSSR count). The number of carbonyl (C=O) groups excluding carboxylic acids is 2. The molecule has 6 heteroatoms. The van der Waals surface area contributed by atoms with Crippen LogP contribution in [0.2, 0.25) is 0 Å². The number of amides is 2. The number of anilines is 1. The van der Waals surface area contributed by atoms with Gasteiger partial charge in [-0.3, -0.25) is 9.59 Å². The van der Waals surface area contributed by atoms with Crippen LogP contribution in [0.1, 0.15) is 49.5 Å². The van der Waals surface area contributed by atoms with Crippen LogP contribution < -0.4 is 20.1 Å².